The van der Waals surface area contributed by atoms with Gasteiger partial charge in [0.15, 0.2) is 6.61 Å². The normalized spacial score (nSPS) is 10.7. The van der Waals surface area contributed by atoms with E-state index >= 15 is 0 Å². The molecule has 32 heavy (non-hydrogen) atoms. The highest BCUT2D eigenvalue weighted by Crippen LogP contribution is 2.37. The zero-order valence-electron chi connectivity index (χ0n) is 18.0. The molecule has 7 nitrogen and oxygen atoms in total. The predicted molar refractivity (Wildman–Crippen MR) is 126 cm³/mol. The number of aromatic nitrogens is 2. The van der Waals surface area contributed by atoms with Gasteiger partial charge >= 0.3 is 0 Å². The number of anilines is 1. The Hall–Kier alpha value is -3.78. The van der Waals surface area contributed by atoms with Crippen molar-refractivity contribution in [1.82, 2.24) is 14.9 Å². The minimum atomic E-state index is -0.324. The highest BCUT2D eigenvalue weighted by Gasteiger charge is 2.15. The molecule has 1 N–H and O–H groups in total. The summed E-state index contributed by atoms with van der Waals surface area (Å²) in [5.41, 5.74) is 4.32. The van der Waals surface area contributed by atoms with E-state index in [4.69, 9.17) is 4.74 Å². The molecule has 0 saturated heterocycles. The molecular formula is C24H22N4O3S. The van der Waals surface area contributed by atoms with Crippen LogP contribution in [-0.2, 0) is 4.79 Å². The summed E-state index contributed by atoms with van der Waals surface area (Å²) in [5.74, 6) is -0.0522. The number of nitrogens with zero attached hydrogens (tertiary/aromatic N) is 3. The minimum absolute atomic E-state index is 0.0980. The smallest absolute Gasteiger partial charge is 0.262 e. The summed E-state index contributed by atoms with van der Waals surface area (Å²) in [6, 6.07) is 14.9. The van der Waals surface area contributed by atoms with Crippen molar-refractivity contribution in [2.45, 2.75) is 6.92 Å². The molecule has 4 rings (SSSR count). The number of carbonyl (C=O) groups is 2. The first-order chi connectivity index (χ1) is 15.4. The molecule has 162 valence electrons. The second kappa shape index (κ2) is 9.15. The van der Waals surface area contributed by atoms with Crippen molar-refractivity contribution in [3.63, 3.8) is 0 Å². The van der Waals surface area contributed by atoms with Gasteiger partial charge in [-0.05, 0) is 36.8 Å². The highest BCUT2D eigenvalue weighted by atomic mass is 32.1. The molecule has 0 aliphatic carbocycles. The summed E-state index contributed by atoms with van der Waals surface area (Å²) >= 11 is 1.51. The van der Waals surface area contributed by atoms with Crippen molar-refractivity contribution in [1.29, 1.82) is 0 Å². The first-order valence-corrected chi connectivity index (χ1v) is 10.8. The van der Waals surface area contributed by atoms with Gasteiger partial charge in [0.05, 0.1) is 5.39 Å². The number of aryl methyl sites for hydroxylation is 1. The van der Waals surface area contributed by atoms with Crippen molar-refractivity contribution < 1.29 is 14.3 Å². The Kier molecular flexibility index (Phi) is 6.13. The van der Waals surface area contributed by atoms with Gasteiger partial charge in [-0.15, -0.1) is 11.3 Å². The Labute approximate surface area is 189 Å². The van der Waals surface area contributed by atoms with Gasteiger partial charge < -0.3 is 15.0 Å². The number of rotatable bonds is 6. The standard InChI is InChI=1S/C24H22N4O3S/c1-15-4-6-16(7-5-15)19-13-32-23-21(19)22(25-14-26-23)31-12-20(29)27-18-10-8-17(9-11-18)24(30)28(2)3/h4-11,13-14H,12H2,1-3H3,(H,27,29). The average Bonchev–Trinajstić information content (AvgIpc) is 3.23. The van der Waals surface area contributed by atoms with E-state index in [0.29, 0.717) is 17.1 Å². The molecule has 0 fully saturated rings. The monoisotopic (exact) mass is 446 g/mol. The van der Waals surface area contributed by atoms with Crippen LogP contribution in [0.5, 0.6) is 5.88 Å². The molecule has 0 spiro atoms. The third-order valence-electron chi connectivity index (χ3n) is 4.86. The van der Waals surface area contributed by atoms with Crippen molar-refractivity contribution in [2.75, 3.05) is 26.0 Å². The van der Waals surface area contributed by atoms with Gasteiger partial charge in [-0.25, -0.2) is 9.97 Å². The van der Waals surface area contributed by atoms with E-state index in [1.165, 1.54) is 28.1 Å². The van der Waals surface area contributed by atoms with Crippen LogP contribution < -0.4 is 10.1 Å². The van der Waals surface area contributed by atoms with E-state index < -0.39 is 0 Å². The summed E-state index contributed by atoms with van der Waals surface area (Å²) in [6.45, 7) is 1.84. The molecule has 2 aromatic heterocycles. The number of hydrogen-bond donors (Lipinski definition) is 1. The number of amides is 2. The maximum absolute atomic E-state index is 12.4. The summed E-state index contributed by atoms with van der Waals surface area (Å²) in [5, 5.41) is 5.59. The number of fused-ring (bicyclic) bond motifs is 1. The zero-order valence-corrected chi connectivity index (χ0v) is 18.8. The van der Waals surface area contributed by atoms with Crippen LogP contribution in [0.15, 0.2) is 60.2 Å². The Balaban J connectivity index is 1.47. The molecule has 0 saturated carbocycles. The first kappa shape index (κ1) is 21.5. The second-order valence-corrected chi connectivity index (χ2v) is 8.35. The van der Waals surface area contributed by atoms with E-state index in [0.717, 1.165) is 21.3 Å². The van der Waals surface area contributed by atoms with Gasteiger partial charge in [0.1, 0.15) is 11.2 Å². The van der Waals surface area contributed by atoms with Crippen molar-refractivity contribution >= 4 is 39.1 Å². The van der Waals surface area contributed by atoms with E-state index in [2.05, 4.69) is 15.3 Å². The molecule has 0 aliphatic heterocycles. The lowest BCUT2D eigenvalue weighted by molar-refractivity contribution is -0.118. The summed E-state index contributed by atoms with van der Waals surface area (Å²) < 4.78 is 5.77. The van der Waals surface area contributed by atoms with Gasteiger partial charge in [-0.1, -0.05) is 29.8 Å². The minimum Gasteiger partial charge on any atom is -0.467 e. The topological polar surface area (TPSA) is 84.4 Å². The molecule has 4 aromatic rings. The maximum atomic E-state index is 12.4. The van der Waals surface area contributed by atoms with Crippen LogP contribution in [0.25, 0.3) is 21.3 Å². The van der Waals surface area contributed by atoms with Crippen molar-refractivity contribution in [3.05, 3.63) is 71.4 Å². The lowest BCUT2D eigenvalue weighted by Crippen LogP contribution is -2.22. The Morgan fingerprint density at radius 1 is 1.03 bits per heavy atom. The number of carbonyl (C=O) groups excluding carboxylic acids is 2. The van der Waals surface area contributed by atoms with E-state index in [9.17, 15) is 9.59 Å². The number of hydrogen-bond acceptors (Lipinski definition) is 6. The predicted octanol–water partition coefficient (Wildman–Crippen LogP) is 4.39. The SMILES string of the molecule is Cc1ccc(-c2csc3ncnc(OCC(=O)Nc4ccc(C(=O)N(C)C)cc4)c23)cc1. The van der Waals surface area contributed by atoms with Gasteiger partial charge in [0, 0.05) is 36.3 Å². The van der Waals surface area contributed by atoms with Crippen LogP contribution >= 0.6 is 11.3 Å². The molecule has 0 bridgehead atoms. The lowest BCUT2D eigenvalue weighted by Gasteiger charge is -2.11. The van der Waals surface area contributed by atoms with Crippen LogP contribution in [-0.4, -0.2) is 47.4 Å². The van der Waals surface area contributed by atoms with Crippen LogP contribution in [0.4, 0.5) is 5.69 Å². The van der Waals surface area contributed by atoms with E-state index in [1.54, 1.807) is 38.4 Å². The number of ether oxygens (including phenoxy) is 1. The van der Waals surface area contributed by atoms with Gasteiger partial charge in [-0.2, -0.15) is 0 Å². The Morgan fingerprint density at radius 2 is 1.75 bits per heavy atom. The average molecular weight is 447 g/mol. The Morgan fingerprint density at radius 3 is 2.44 bits per heavy atom. The second-order valence-electron chi connectivity index (χ2n) is 7.49. The van der Waals surface area contributed by atoms with Crippen LogP contribution in [0.3, 0.4) is 0 Å². The zero-order chi connectivity index (χ0) is 22.7. The molecule has 0 radical (unpaired) electrons. The number of thiophene rings is 1. The molecule has 2 amide bonds. The fraction of sp³-hybridized carbons (Fsp3) is 0.167. The fourth-order valence-electron chi connectivity index (χ4n) is 3.19. The quantitative estimate of drug-likeness (QED) is 0.475. The molecular weight excluding hydrogens is 424 g/mol. The number of benzene rings is 2. The van der Waals surface area contributed by atoms with Crippen molar-refractivity contribution in [3.8, 4) is 17.0 Å². The Bertz CT molecular complexity index is 1260. The molecule has 2 aromatic carbocycles. The van der Waals surface area contributed by atoms with E-state index in [-0.39, 0.29) is 18.4 Å². The molecule has 0 unspecified atom stereocenters. The first-order valence-electron chi connectivity index (χ1n) is 9.96. The molecule has 0 aliphatic rings. The summed E-state index contributed by atoms with van der Waals surface area (Å²) in [4.78, 5) is 35.3. The molecule has 8 heteroatoms. The molecule has 2 heterocycles. The van der Waals surface area contributed by atoms with Crippen LogP contribution in [0.2, 0.25) is 0 Å². The van der Waals surface area contributed by atoms with Gasteiger partial charge in [-0.3, -0.25) is 9.59 Å². The number of nitrogens with one attached hydrogen (secondary N) is 1. The third-order valence-corrected chi connectivity index (χ3v) is 5.75. The van der Waals surface area contributed by atoms with Crippen LogP contribution in [0, 0.1) is 6.92 Å². The largest absolute Gasteiger partial charge is 0.467 e. The summed E-state index contributed by atoms with van der Waals surface area (Å²) in [6.07, 6.45) is 1.44. The van der Waals surface area contributed by atoms with Crippen molar-refractivity contribution in [2.24, 2.45) is 0 Å². The van der Waals surface area contributed by atoms with Gasteiger partial charge in [0.25, 0.3) is 11.8 Å². The third kappa shape index (κ3) is 4.60. The van der Waals surface area contributed by atoms with Crippen LogP contribution in [0.1, 0.15) is 15.9 Å². The lowest BCUT2D eigenvalue weighted by atomic mass is 10.0. The summed E-state index contributed by atoms with van der Waals surface area (Å²) in [7, 11) is 3.38. The highest BCUT2D eigenvalue weighted by molar-refractivity contribution is 7.17. The molecule has 0 atom stereocenters. The van der Waals surface area contributed by atoms with E-state index in [1.807, 2.05) is 36.6 Å². The fourth-order valence-corrected chi connectivity index (χ4v) is 4.09. The van der Waals surface area contributed by atoms with Gasteiger partial charge in [0.2, 0.25) is 5.88 Å². The maximum Gasteiger partial charge on any atom is 0.262 e.